The van der Waals surface area contributed by atoms with Gasteiger partial charge in [-0.25, -0.2) is 4.57 Å². The topological polar surface area (TPSA) is 181 Å². The number of hydrogen-bond acceptors (Lipinski definition) is 11. The molecule has 1 saturated heterocycles. The molecule has 0 aromatic heterocycles. The third-order valence-corrected chi connectivity index (χ3v) is 5.87. The summed E-state index contributed by atoms with van der Waals surface area (Å²) in [4.78, 5) is 70.7. The van der Waals surface area contributed by atoms with E-state index in [9.17, 15) is 33.5 Å². The molecule has 1 aliphatic heterocycles. The Balaban J connectivity index is 3.76. The molecule has 0 saturated carbocycles. The van der Waals surface area contributed by atoms with Gasteiger partial charge < -0.3 is 33.5 Å². The molecule has 1 heterocycles. The first kappa shape index (κ1) is 36.0. The zero-order valence-corrected chi connectivity index (χ0v) is 26.3. The molecule has 0 aromatic carbocycles. The molecular weight excluding hydrogens is 551 g/mol. The first-order valence-electron chi connectivity index (χ1n) is 12.8. The fraction of sp³-hybridized carbons (Fsp3) is 0.846. The van der Waals surface area contributed by atoms with Crippen LogP contribution in [0.1, 0.15) is 83.1 Å². The monoisotopic (exact) mass is 596 g/mol. The Labute approximate surface area is 235 Å². The Bertz CT molecular complexity index is 988. The van der Waals surface area contributed by atoms with Crippen molar-refractivity contribution in [1.82, 2.24) is 0 Å². The van der Waals surface area contributed by atoms with Gasteiger partial charge in [0.1, 0.15) is 12.7 Å². The van der Waals surface area contributed by atoms with E-state index in [0.717, 1.165) is 0 Å². The maximum Gasteiger partial charge on any atom is 0.472 e. The molecule has 1 aliphatic rings. The van der Waals surface area contributed by atoms with E-state index in [1.807, 2.05) is 0 Å². The highest BCUT2D eigenvalue weighted by molar-refractivity contribution is 7.46. The van der Waals surface area contributed by atoms with Crippen molar-refractivity contribution in [2.24, 2.45) is 21.7 Å². The number of carbonyl (C=O) groups excluding carboxylic acids is 4. The van der Waals surface area contributed by atoms with Crippen LogP contribution in [0, 0.1) is 21.7 Å². The molecule has 5 atom stereocenters. The van der Waals surface area contributed by atoms with Gasteiger partial charge in [0.05, 0.1) is 21.7 Å². The quantitative estimate of drug-likeness (QED) is 0.248. The van der Waals surface area contributed by atoms with E-state index in [1.165, 1.54) is 20.8 Å². The number of carbonyl (C=O) groups is 4. The minimum atomic E-state index is -5.29. The third-order valence-electron chi connectivity index (χ3n) is 5.39. The van der Waals surface area contributed by atoms with Gasteiger partial charge in [-0.1, -0.05) is 0 Å². The predicted octanol–water partition coefficient (Wildman–Crippen LogP) is 3.28. The van der Waals surface area contributed by atoms with Crippen molar-refractivity contribution in [1.29, 1.82) is 0 Å². The largest absolute Gasteiger partial charge is 0.472 e. The normalized spacial score (nSPS) is 24.6. The molecule has 1 fully saturated rings. The van der Waals surface area contributed by atoms with E-state index in [4.69, 9.17) is 28.2 Å². The van der Waals surface area contributed by atoms with Crippen molar-refractivity contribution in [3.8, 4) is 0 Å². The molecule has 0 aliphatic carbocycles. The molecule has 232 valence electrons. The highest BCUT2D eigenvalue weighted by atomic mass is 31.2. The number of hydrogen-bond donors (Lipinski definition) is 2. The van der Waals surface area contributed by atoms with E-state index in [0.29, 0.717) is 0 Å². The van der Waals surface area contributed by atoms with Crippen molar-refractivity contribution >= 4 is 31.7 Å². The van der Waals surface area contributed by atoms with Crippen LogP contribution in [0.4, 0.5) is 0 Å². The fourth-order valence-corrected chi connectivity index (χ4v) is 3.35. The lowest BCUT2D eigenvalue weighted by Gasteiger charge is -2.45. The van der Waals surface area contributed by atoms with Crippen LogP contribution in [0.25, 0.3) is 0 Å². The summed E-state index contributed by atoms with van der Waals surface area (Å²) in [5.41, 5.74) is -4.19. The van der Waals surface area contributed by atoms with Gasteiger partial charge >= 0.3 is 31.7 Å². The van der Waals surface area contributed by atoms with Crippen LogP contribution in [0.2, 0.25) is 0 Å². The van der Waals surface area contributed by atoms with Crippen LogP contribution in [0.15, 0.2) is 0 Å². The zero-order chi connectivity index (χ0) is 31.6. The van der Waals surface area contributed by atoms with Gasteiger partial charge in [0, 0.05) is 0 Å². The lowest BCUT2D eigenvalue weighted by molar-refractivity contribution is -0.296. The summed E-state index contributed by atoms with van der Waals surface area (Å²) in [5.74, 6) is -3.08. The van der Waals surface area contributed by atoms with Gasteiger partial charge in [0.2, 0.25) is 6.29 Å². The smallest absolute Gasteiger partial charge is 0.462 e. The summed E-state index contributed by atoms with van der Waals surface area (Å²) in [5, 5.41) is 0. The molecule has 2 N–H and O–H groups in total. The Kier molecular flexibility index (Phi) is 11.2. The molecule has 40 heavy (non-hydrogen) atoms. The van der Waals surface area contributed by atoms with Crippen LogP contribution in [0.5, 0.6) is 0 Å². The summed E-state index contributed by atoms with van der Waals surface area (Å²) in [6.07, 6.45) is -8.46. The third kappa shape index (κ3) is 10.7. The first-order valence-corrected chi connectivity index (χ1v) is 14.4. The van der Waals surface area contributed by atoms with Crippen molar-refractivity contribution < 1.29 is 61.7 Å². The zero-order valence-electron chi connectivity index (χ0n) is 25.4. The Morgan fingerprint density at radius 1 is 0.625 bits per heavy atom. The SMILES string of the molecule is CC(C)(C)C(=O)OC[C@H]1O[C@H](OP(=O)(O)O)[C@@H](OC(=O)C(C)(C)C)[C@@H](OC(=O)C(C)(C)C)[C@@H]1OC(=O)C(C)(C)C. The van der Waals surface area contributed by atoms with Crippen LogP contribution < -0.4 is 0 Å². The molecule has 0 unspecified atom stereocenters. The van der Waals surface area contributed by atoms with Gasteiger partial charge in [0.25, 0.3) is 0 Å². The molecule has 14 heteroatoms. The number of phosphoric ester groups is 1. The molecule has 0 radical (unpaired) electrons. The maximum absolute atomic E-state index is 13.1. The van der Waals surface area contributed by atoms with Crippen molar-refractivity contribution in [2.45, 2.75) is 114 Å². The minimum absolute atomic E-state index is 0.581. The van der Waals surface area contributed by atoms with E-state index in [2.05, 4.69) is 0 Å². The van der Waals surface area contributed by atoms with Crippen molar-refractivity contribution in [3.05, 3.63) is 0 Å². The summed E-state index contributed by atoms with van der Waals surface area (Å²) in [7, 11) is -5.29. The molecule has 0 aromatic rings. The van der Waals surface area contributed by atoms with Gasteiger partial charge in [0.15, 0.2) is 18.3 Å². The fourth-order valence-electron chi connectivity index (χ4n) is 2.91. The molecule has 0 bridgehead atoms. The maximum atomic E-state index is 13.1. The lowest BCUT2D eigenvalue weighted by Crippen LogP contribution is -2.64. The Hall–Kier alpha value is -2.05. The van der Waals surface area contributed by atoms with E-state index in [1.54, 1.807) is 62.3 Å². The molecule has 1 rings (SSSR count). The second-order valence-corrected chi connectivity index (χ2v) is 15.0. The van der Waals surface area contributed by atoms with E-state index in [-0.39, 0.29) is 0 Å². The molecule has 13 nitrogen and oxygen atoms in total. The second-order valence-electron chi connectivity index (χ2n) is 13.8. The minimum Gasteiger partial charge on any atom is -0.462 e. The van der Waals surface area contributed by atoms with Gasteiger partial charge in [-0.2, -0.15) is 0 Å². The summed E-state index contributed by atoms with van der Waals surface area (Å²) in [6, 6.07) is 0. The highest BCUT2D eigenvalue weighted by Gasteiger charge is 2.56. The molecular formula is C26H45O13P. The Morgan fingerprint density at radius 3 is 1.32 bits per heavy atom. The van der Waals surface area contributed by atoms with E-state index < -0.39 is 90.7 Å². The van der Waals surface area contributed by atoms with Gasteiger partial charge in [-0.3, -0.25) is 23.7 Å². The van der Waals surface area contributed by atoms with Crippen LogP contribution >= 0.6 is 7.82 Å². The van der Waals surface area contributed by atoms with Crippen molar-refractivity contribution in [2.75, 3.05) is 6.61 Å². The van der Waals surface area contributed by atoms with Gasteiger partial charge in [-0.15, -0.1) is 0 Å². The average Bonchev–Trinajstić information content (AvgIpc) is 2.71. The van der Waals surface area contributed by atoms with Crippen molar-refractivity contribution in [3.63, 3.8) is 0 Å². The van der Waals surface area contributed by atoms with Crippen LogP contribution in [-0.2, 0) is 52.0 Å². The lowest BCUT2D eigenvalue weighted by atomic mass is 9.93. The van der Waals surface area contributed by atoms with Gasteiger partial charge in [-0.05, 0) is 83.1 Å². The average molecular weight is 597 g/mol. The number of phosphoric acid groups is 1. The van der Waals surface area contributed by atoms with E-state index >= 15 is 0 Å². The summed E-state index contributed by atoms with van der Waals surface area (Å²) in [6.45, 7) is 18.2. The highest BCUT2D eigenvalue weighted by Crippen LogP contribution is 2.43. The first-order chi connectivity index (χ1) is 17.6. The second kappa shape index (κ2) is 12.4. The summed E-state index contributed by atoms with van der Waals surface area (Å²) >= 11 is 0. The number of ether oxygens (including phenoxy) is 5. The standard InChI is InChI=1S/C26H45O13P/c1-23(2,3)19(27)34-13-14-15(36-20(28)24(4,5)6)16(37-21(29)25(7,8)9)17(38-22(30)26(10,11)12)18(35-14)39-40(31,32)33/h14-18H,13H2,1-12H3,(H2,31,32,33)/t14-,15-,16+,17+,18-/m1/s1. The van der Waals surface area contributed by atoms with Crippen LogP contribution in [0.3, 0.4) is 0 Å². The predicted molar refractivity (Wildman–Crippen MR) is 140 cm³/mol. The summed E-state index contributed by atoms with van der Waals surface area (Å²) < 4.78 is 44.8. The number of esters is 4. The Morgan fingerprint density at radius 2 is 0.975 bits per heavy atom. The van der Waals surface area contributed by atoms with Crippen LogP contribution in [-0.4, -0.2) is 71.0 Å². The number of rotatable bonds is 7. The molecule has 0 spiro atoms. The molecule has 0 amide bonds.